The molecule has 0 unspecified atom stereocenters. The Kier molecular flexibility index (Phi) is 4.61. The van der Waals surface area contributed by atoms with E-state index < -0.39 is 0 Å². The molecule has 1 N–H and O–H groups in total. The van der Waals surface area contributed by atoms with Gasteiger partial charge in [-0.15, -0.1) is 0 Å². The number of aryl methyl sites for hydroxylation is 2. The highest BCUT2D eigenvalue weighted by Crippen LogP contribution is 2.34. The summed E-state index contributed by atoms with van der Waals surface area (Å²) in [6.07, 6.45) is 1.67. The molecule has 0 fully saturated rings. The molecule has 0 saturated carbocycles. The van der Waals surface area contributed by atoms with Crippen molar-refractivity contribution in [2.45, 2.75) is 20.8 Å². The molecule has 4 rings (SSSR count). The third-order valence-electron chi connectivity index (χ3n) is 4.84. The predicted octanol–water partition coefficient (Wildman–Crippen LogP) is 3.90. The van der Waals surface area contributed by atoms with Gasteiger partial charge < -0.3 is 14.0 Å². The monoisotopic (exact) mass is 375 g/mol. The molecule has 1 aliphatic rings. The SMILES string of the molecule is Cc1ccccc1C(=O)N/N=C\c1cc(C)n(-c2ccc3c(c2)OCO3)c1C. The van der Waals surface area contributed by atoms with Crippen LogP contribution in [0.15, 0.2) is 53.6 Å². The number of nitrogens with zero attached hydrogens (tertiary/aromatic N) is 2. The van der Waals surface area contributed by atoms with Crippen LogP contribution in [0.2, 0.25) is 0 Å². The maximum absolute atomic E-state index is 12.3. The molecule has 1 aliphatic heterocycles. The molecule has 3 aromatic rings. The van der Waals surface area contributed by atoms with Crippen molar-refractivity contribution in [2.75, 3.05) is 6.79 Å². The van der Waals surface area contributed by atoms with Crippen LogP contribution in [0.25, 0.3) is 5.69 Å². The van der Waals surface area contributed by atoms with Crippen LogP contribution >= 0.6 is 0 Å². The molecule has 1 amide bonds. The molecule has 0 atom stereocenters. The normalized spacial score (nSPS) is 12.5. The Morgan fingerprint density at radius 1 is 1.07 bits per heavy atom. The van der Waals surface area contributed by atoms with Crippen molar-refractivity contribution in [3.05, 3.63) is 76.6 Å². The lowest BCUT2D eigenvalue weighted by Crippen LogP contribution is -2.18. The van der Waals surface area contributed by atoms with E-state index in [9.17, 15) is 4.79 Å². The second-order valence-electron chi connectivity index (χ2n) is 6.71. The second-order valence-corrected chi connectivity index (χ2v) is 6.71. The second kappa shape index (κ2) is 7.23. The number of hydrogen-bond donors (Lipinski definition) is 1. The summed E-state index contributed by atoms with van der Waals surface area (Å²) in [5.41, 5.74) is 8.13. The molecule has 0 aliphatic carbocycles. The number of nitrogens with one attached hydrogen (secondary N) is 1. The van der Waals surface area contributed by atoms with E-state index in [0.717, 1.165) is 39.7 Å². The van der Waals surface area contributed by atoms with Crippen LogP contribution in [0.5, 0.6) is 11.5 Å². The highest BCUT2D eigenvalue weighted by atomic mass is 16.7. The van der Waals surface area contributed by atoms with Crippen molar-refractivity contribution in [3.8, 4) is 17.2 Å². The number of hydrazone groups is 1. The van der Waals surface area contributed by atoms with Gasteiger partial charge in [0.05, 0.1) is 6.21 Å². The van der Waals surface area contributed by atoms with E-state index in [1.165, 1.54) is 0 Å². The molecule has 2 heterocycles. The maximum Gasteiger partial charge on any atom is 0.271 e. The Balaban J connectivity index is 1.55. The predicted molar refractivity (Wildman–Crippen MR) is 108 cm³/mol. The van der Waals surface area contributed by atoms with Gasteiger partial charge in [0.2, 0.25) is 6.79 Å². The smallest absolute Gasteiger partial charge is 0.271 e. The van der Waals surface area contributed by atoms with Crippen molar-refractivity contribution in [3.63, 3.8) is 0 Å². The van der Waals surface area contributed by atoms with Gasteiger partial charge in [-0.05, 0) is 50.6 Å². The van der Waals surface area contributed by atoms with Crippen LogP contribution in [0.3, 0.4) is 0 Å². The van der Waals surface area contributed by atoms with E-state index in [1.54, 1.807) is 12.3 Å². The lowest BCUT2D eigenvalue weighted by Gasteiger charge is -2.10. The lowest BCUT2D eigenvalue weighted by molar-refractivity contribution is 0.0954. The molecule has 28 heavy (non-hydrogen) atoms. The first-order valence-corrected chi connectivity index (χ1v) is 9.02. The van der Waals surface area contributed by atoms with E-state index in [-0.39, 0.29) is 12.7 Å². The topological polar surface area (TPSA) is 64.9 Å². The minimum absolute atomic E-state index is 0.223. The summed E-state index contributed by atoms with van der Waals surface area (Å²) in [5.74, 6) is 1.27. The summed E-state index contributed by atoms with van der Waals surface area (Å²) in [6.45, 7) is 6.20. The summed E-state index contributed by atoms with van der Waals surface area (Å²) in [6, 6.07) is 15.3. The Morgan fingerprint density at radius 3 is 2.68 bits per heavy atom. The van der Waals surface area contributed by atoms with Gasteiger partial charge >= 0.3 is 0 Å². The average molecular weight is 375 g/mol. The van der Waals surface area contributed by atoms with Crippen molar-refractivity contribution in [2.24, 2.45) is 5.10 Å². The Bertz CT molecular complexity index is 1080. The molecule has 6 nitrogen and oxygen atoms in total. The average Bonchev–Trinajstić information content (AvgIpc) is 3.25. The largest absolute Gasteiger partial charge is 0.454 e. The van der Waals surface area contributed by atoms with Crippen LogP contribution in [0, 0.1) is 20.8 Å². The number of carbonyl (C=O) groups is 1. The summed E-state index contributed by atoms with van der Waals surface area (Å²) >= 11 is 0. The van der Waals surface area contributed by atoms with E-state index in [4.69, 9.17) is 9.47 Å². The number of rotatable bonds is 4. The summed E-state index contributed by atoms with van der Waals surface area (Å²) in [7, 11) is 0. The van der Waals surface area contributed by atoms with E-state index >= 15 is 0 Å². The minimum Gasteiger partial charge on any atom is -0.454 e. The molecule has 1 aromatic heterocycles. The number of hydrogen-bond acceptors (Lipinski definition) is 4. The number of aromatic nitrogens is 1. The van der Waals surface area contributed by atoms with Crippen molar-refractivity contribution in [1.29, 1.82) is 0 Å². The van der Waals surface area contributed by atoms with Crippen LogP contribution < -0.4 is 14.9 Å². The van der Waals surface area contributed by atoms with Crippen molar-refractivity contribution < 1.29 is 14.3 Å². The maximum atomic E-state index is 12.3. The van der Waals surface area contributed by atoms with Gasteiger partial charge in [-0.3, -0.25) is 4.79 Å². The van der Waals surface area contributed by atoms with Gasteiger partial charge in [-0.2, -0.15) is 5.10 Å². The van der Waals surface area contributed by atoms with Crippen LogP contribution in [-0.2, 0) is 0 Å². The van der Waals surface area contributed by atoms with Crippen molar-refractivity contribution >= 4 is 12.1 Å². The summed E-state index contributed by atoms with van der Waals surface area (Å²) < 4.78 is 13.0. The first-order chi connectivity index (χ1) is 13.5. The zero-order chi connectivity index (χ0) is 19.7. The van der Waals surface area contributed by atoms with Gasteiger partial charge in [-0.25, -0.2) is 5.43 Å². The molecule has 6 heteroatoms. The summed E-state index contributed by atoms with van der Waals surface area (Å²) in [4.78, 5) is 12.3. The van der Waals surface area contributed by atoms with Gasteiger partial charge in [0, 0.05) is 34.3 Å². The quantitative estimate of drug-likeness (QED) is 0.556. The molecular weight excluding hydrogens is 354 g/mol. The molecule has 142 valence electrons. The number of amides is 1. The molecule has 0 radical (unpaired) electrons. The third kappa shape index (κ3) is 3.24. The number of ether oxygens (including phenoxy) is 2. The first kappa shape index (κ1) is 17.9. The third-order valence-corrected chi connectivity index (χ3v) is 4.84. The molecule has 0 saturated heterocycles. The van der Waals surface area contributed by atoms with Crippen molar-refractivity contribution in [1.82, 2.24) is 9.99 Å². The first-order valence-electron chi connectivity index (χ1n) is 9.02. The molecule has 0 spiro atoms. The zero-order valence-electron chi connectivity index (χ0n) is 16.0. The molecule has 2 aromatic carbocycles. The minimum atomic E-state index is -0.223. The number of carbonyl (C=O) groups excluding carboxylic acids is 1. The Hall–Kier alpha value is -3.54. The zero-order valence-corrected chi connectivity index (χ0v) is 16.0. The van der Waals surface area contributed by atoms with Gasteiger partial charge in [0.15, 0.2) is 11.5 Å². The van der Waals surface area contributed by atoms with Crippen LogP contribution in [0.4, 0.5) is 0 Å². The molecular formula is C22H21N3O3. The standard InChI is InChI=1S/C22H21N3O3/c1-14-6-4-5-7-19(14)22(26)24-23-12-17-10-15(2)25(16(17)3)18-8-9-20-21(11-18)28-13-27-20/h4-12H,13H2,1-3H3,(H,24,26)/b23-12-. The van der Waals surface area contributed by atoms with Gasteiger partial charge in [-0.1, -0.05) is 18.2 Å². The number of benzene rings is 2. The van der Waals surface area contributed by atoms with E-state index in [2.05, 4.69) is 15.1 Å². The fourth-order valence-corrected chi connectivity index (χ4v) is 3.39. The lowest BCUT2D eigenvalue weighted by atomic mass is 10.1. The summed E-state index contributed by atoms with van der Waals surface area (Å²) in [5, 5.41) is 4.14. The van der Waals surface area contributed by atoms with Gasteiger partial charge in [0.25, 0.3) is 5.91 Å². The van der Waals surface area contributed by atoms with E-state index in [0.29, 0.717) is 5.56 Å². The fraction of sp³-hybridized carbons (Fsp3) is 0.182. The van der Waals surface area contributed by atoms with Crippen LogP contribution in [-0.4, -0.2) is 23.5 Å². The van der Waals surface area contributed by atoms with Gasteiger partial charge in [0.1, 0.15) is 0 Å². The number of fused-ring (bicyclic) bond motifs is 1. The highest BCUT2D eigenvalue weighted by molar-refractivity contribution is 5.96. The Morgan fingerprint density at radius 2 is 1.86 bits per heavy atom. The fourth-order valence-electron chi connectivity index (χ4n) is 3.39. The molecule has 0 bridgehead atoms. The van der Waals surface area contributed by atoms with E-state index in [1.807, 2.05) is 63.2 Å². The highest BCUT2D eigenvalue weighted by Gasteiger charge is 2.16. The Labute approximate surface area is 163 Å². The van der Waals surface area contributed by atoms with Crippen LogP contribution in [0.1, 0.15) is 32.9 Å².